The molecule has 0 spiro atoms. The van der Waals surface area contributed by atoms with E-state index in [4.69, 9.17) is 0 Å². The summed E-state index contributed by atoms with van der Waals surface area (Å²) in [5, 5.41) is 3.62. The predicted molar refractivity (Wildman–Crippen MR) is 70.3 cm³/mol. The SMILES string of the molecule is CCCCCCCC(C)NCC(C)CC. The summed E-state index contributed by atoms with van der Waals surface area (Å²) in [6, 6.07) is 0.709. The molecule has 15 heavy (non-hydrogen) atoms. The topological polar surface area (TPSA) is 12.0 Å². The summed E-state index contributed by atoms with van der Waals surface area (Å²) in [6.07, 6.45) is 9.64. The van der Waals surface area contributed by atoms with E-state index in [-0.39, 0.29) is 0 Å². The second-order valence-electron chi connectivity index (χ2n) is 5.03. The van der Waals surface area contributed by atoms with E-state index in [1.807, 2.05) is 0 Å². The van der Waals surface area contributed by atoms with Gasteiger partial charge in [-0.15, -0.1) is 0 Å². The van der Waals surface area contributed by atoms with Gasteiger partial charge in [0.2, 0.25) is 0 Å². The predicted octanol–water partition coefficient (Wildman–Crippen LogP) is 4.37. The Labute approximate surface area is 97.0 Å². The maximum atomic E-state index is 3.62. The van der Waals surface area contributed by atoms with Gasteiger partial charge in [0.25, 0.3) is 0 Å². The Balaban J connectivity index is 3.21. The average Bonchev–Trinajstić information content (AvgIpc) is 2.25. The number of hydrogen-bond donors (Lipinski definition) is 1. The van der Waals surface area contributed by atoms with Crippen molar-refractivity contribution in [3.63, 3.8) is 0 Å². The van der Waals surface area contributed by atoms with E-state index in [9.17, 15) is 0 Å². The first-order valence-electron chi connectivity index (χ1n) is 6.94. The van der Waals surface area contributed by atoms with Crippen molar-refractivity contribution in [2.45, 2.75) is 78.7 Å². The lowest BCUT2D eigenvalue weighted by Gasteiger charge is -2.16. The van der Waals surface area contributed by atoms with Crippen LogP contribution in [0.1, 0.15) is 72.6 Å². The molecule has 2 unspecified atom stereocenters. The Kier molecular flexibility index (Phi) is 10.4. The molecule has 0 aliphatic rings. The molecule has 0 saturated carbocycles. The molecule has 0 aromatic rings. The van der Waals surface area contributed by atoms with E-state index < -0.39 is 0 Å². The molecule has 0 radical (unpaired) electrons. The Bertz CT molecular complexity index is 123. The number of rotatable bonds is 10. The molecule has 1 heteroatoms. The number of unbranched alkanes of at least 4 members (excludes halogenated alkanes) is 4. The molecule has 0 aromatic heterocycles. The van der Waals surface area contributed by atoms with Crippen LogP contribution < -0.4 is 5.32 Å². The van der Waals surface area contributed by atoms with Crippen molar-refractivity contribution in [1.29, 1.82) is 0 Å². The minimum Gasteiger partial charge on any atom is -0.314 e. The first-order chi connectivity index (χ1) is 7.20. The maximum absolute atomic E-state index is 3.62. The molecule has 0 aliphatic carbocycles. The van der Waals surface area contributed by atoms with Crippen LogP contribution in [0, 0.1) is 5.92 Å². The van der Waals surface area contributed by atoms with E-state index in [1.54, 1.807) is 0 Å². The van der Waals surface area contributed by atoms with Crippen LogP contribution in [0.25, 0.3) is 0 Å². The van der Waals surface area contributed by atoms with Gasteiger partial charge in [0.15, 0.2) is 0 Å². The number of nitrogens with one attached hydrogen (secondary N) is 1. The zero-order valence-corrected chi connectivity index (χ0v) is 11.3. The highest BCUT2D eigenvalue weighted by atomic mass is 14.9. The molecule has 0 aromatic carbocycles. The molecule has 1 N–H and O–H groups in total. The summed E-state index contributed by atoms with van der Waals surface area (Å²) in [5.41, 5.74) is 0. The zero-order chi connectivity index (χ0) is 11.5. The van der Waals surface area contributed by atoms with Gasteiger partial charge in [0.1, 0.15) is 0 Å². The van der Waals surface area contributed by atoms with Gasteiger partial charge in [-0.25, -0.2) is 0 Å². The average molecular weight is 213 g/mol. The second-order valence-corrected chi connectivity index (χ2v) is 5.03. The summed E-state index contributed by atoms with van der Waals surface area (Å²) in [4.78, 5) is 0. The normalized spacial score (nSPS) is 15.2. The summed E-state index contributed by atoms with van der Waals surface area (Å²) < 4.78 is 0. The van der Waals surface area contributed by atoms with Crippen LogP contribution in [-0.4, -0.2) is 12.6 Å². The van der Waals surface area contributed by atoms with Gasteiger partial charge in [-0.1, -0.05) is 59.3 Å². The molecule has 92 valence electrons. The van der Waals surface area contributed by atoms with Crippen molar-refractivity contribution in [2.75, 3.05) is 6.54 Å². The van der Waals surface area contributed by atoms with E-state index >= 15 is 0 Å². The van der Waals surface area contributed by atoms with Gasteiger partial charge in [0, 0.05) is 6.04 Å². The van der Waals surface area contributed by atoms with E-state index in [0.29, 0.717) is 6.04 Å². The Hall–Kier alpha value is -0.0400. The van der Waals surface area contributed by atoms with Crippen molar-refractivity contribution in [2.24, 2.45) is 5.92 Å². The van der Waals surface area contributed by atoms with Gasteiger partial charge < -0.3 is 5.32 Å². The van der Waals surface area contributed by atoms with Crippen LogP contribution in [0.15, 0.2) is 0 Å². The molecule has 0 amide bonds. The van der Waals surface area contributed by atoms with Crippen LogP contribution in [0.3, 0.4) is 0 Å². The fourth-order valence-corrected chi connectivity index (χ4v) is 1.70. The molecular formula is C14H31N. The molecule has 0 bridgehead atoms. The minimum atomic E-state index is 0.709. The monoisotopic (exact) mass is 213 g/mol. The summed E-state index contributed by atoms with van der Waals surface area (Å²) in [6.45, 7) is 10.4. The van der Waals surface area contributed by atoms with Crippen molar-refractivity contribution in [3.05, 3.63) is 0 Å². The lowest BCUT2D eigenvalue weighted by molar-refractivity contribution is 0.425. The van der Waals surface area contributed by atoms with Gasteiger partial charge >= 0.3 is 0 Å². The Morgan fingerprint density at radius 1 is 0.933 bits per heavy atom. The Morgan fingerprint density at radius 2 is 1.60 bits per heavy atom. The molecule has 0 saturated heterocycles. The third-order valence-electron chi connectivity index (χ3n) is 3.25. The lowest BCUT2D eigenvalue weighted by Crippen LogP contribution is -2.30. The summed E-state index contributed by atoms with van der Waals surface area (Å²) in [7, 11) is 0. The van der Waals surface area contributed by atoms with Crippen LogP contribution in [0.4, 0.5) is 0 Å². The third kappa shape index (κ3) is 10.2. The summed E-state index contributed by atoms with van der Waals surface area (Å²) >= 11 is 0. The summed E-state index contributed by atoms with van der Waals surface area (Å²) in [5.74, 6) is 0.826. The molecule has 1 nitrogen and oxygen atoms in total. The van der Waals surface area contributed by atoms with E-state index in [2.05, 4.69) is 33.0 Å². The van der Waals surface area contributed by atoms with Crippen LogP contribution >= 0.6 is 0 Å². The highest BCUT2D eigenvalue weighted by Gasteiger charge is 2.03. The standard InChI is InChI=1S/C14H31N/c1-5-7-8-9-10-11-14(4)15-12-13(3)6-2/h13-15H,5-12H2,1-4H3. The van der Waals surface area contributed by atoms with Crippen molar-refractivity contribution in [3.8, 4) is 0 Å². The molecule has 0 aliphatic heterocycles. The largest absolute Gasteiger partial charge is 0.314 e. The fourth-order valence-electron chi connectivity index (χ4n) is 1.70. The van der Waals surface area contributed by atoms with Crippen molar-refractivity contribution >= 4 is 0 Å². The minimum absolute atomic E-state index is 0.709. The highest BCUT2D eigenvalue weighted by molar-refractivity contribution is 4.63. The van der Waals surface area contributed by atoms with Crippen molar-refractivity contribution in [1.82, 2.24) is 5.32 Å². The zero-order valence-electron chi connectivity index (χ0n) is 11.3. The highest BCUT2D eigenvalue weighted by Crippen LogP contribution is 2.07. The lowest BCUT2D eigenvalue weighted by atomic mass is 10.1. The molecular weight excluding hydrogens is 182 g/mol. The first-order valence-corrected chi connectivity index (χ1v) is 6.94. The quantitative estimate of drug-likeness (QED) is 0.531. The Morgan fingerprint density at radius 3 is 2.20 bits per heavy atom. The van der Waals surface area contributed by atoms with Crippen LogP contribution in [-0.2, 0) is 0 Å². The molecule has 0 rings (SSSR count). The fraction of sp³-hybridized carbons (Fsp3) is 1.00. The van der Waals surface area contributed by atoms with Gasteiger partial charge in [0.05, 0.1) is 0 Å². The molecule has 0 heterocycles. The van der Waals surface area contributed by atoms with Gasteiger partial charge in [-0.2, -0.15) is 0 Å². The third-order valence-corrected chi connectivity index (χ3v) is 3.25. The van der Waals surface area contributed by atoms with Gasteiger partial charge in [-0.3, -0.25) is 0 Å². The smallest absolute Gasteiger partial charge is 0.00388 e. The first kappa shape index (κ1) is 15.0. The van der Waals surface area contributed by atoms with Crippen LogP contribution in [0.2, 0.25) is 0 Å². The van der Waals surface area contributed by atoms with Crippen molar-refractivity contribution < 1.29 is 0 Å². The maximum Gasteiger partial charge on any atom is 0.00388 e. The molecule has 0 fully saturated rings. The van der Waals surface area contributed by atoms with Crippen LogP contribution in [0.5, 0.6) is 0 Å². The van der Waals surface area contributed by atoms with Gasteiger partial charge in [-0.05, 0) is 25.8 Å². The second kappa shape index (κ2) is 10.5. The van der Waals surface area contributed by atoms with E-state index in [1.165, 1.54) is 51.5 Å². The number of hydrogen-bond acceptors (Lipinski definition) is 1. The van der Waals surface area contributed by atoms with E-state index in [0.717, 1.165) is 5.92 Å². The molecule has 2 atom stereocenters.